The second-order valence-corrected chi connectivity index (χ2v) is 6.76. The summed E-state index contributed by atoms with van der Waals surface area (Å²) in [6, 6.07) is 15.1. The third kappa shape index (κ3) is 4.31. The predicted molar refractivity (Wildman–Crippen MR) is 98.6 cm³/mol. The molecule has 1 atom stereocenters. The van der Waals surface area contributed by atoms with Crippen molar-refractivity contribution < 1.29 is 19.0 Å². The number of likely N-dealkylation sites (N-methyl/N-ethyl adjacent to an activating group) is 1. The molecule has 0 fully saturated rings. The number of hydrogen-bond donors (Lipinski definition) is 0. The third-order valence-corrected chi connectivity index (χ3v) is 4.37. The van der Waals surface area contributed by atoms with Crippen molar-refractivity contribution in [3.8, 4) is 17.2 Å². The number of carbonyl (C=O) groups excluding carboxylic acids is 1. The van der Waals surface area contributed by atoms with Gasteiger partial charge in [0.05, 0.1) is 6.54 Å². The van der Waals surface area contributed by atoms with Gasteiger partial charge < -0.3 is 19.1 Å². The number of halogens is 1. The van der Waals surface area contributed by atoms with Crippen LogP contribution in [0.5, 0.6) is 17.2 Å². The summed E-state index contributed by atoms with van der Waals surface area (Å²) in [6.45, 7) is 0.872. The van der Waals surface area contributed by atoms with Crippen molar-refractivity contribution in [2.45, 2.75) is 6.10 Å². The molecule has 0 saturated heterocycles. The Bertz CT molecular complexity index is 704. The van der Waals surface area contributed by atoms with Gasteiger partial charge in [-0.25, -0.2) is 0 Å². The first-order valence-electron chi connectivity index (χ1n) is 7.62. The van der Waals surface area contributed by atoms with Gasteiger partial charge >= 0.3 is 0 Å². The molecule has 0 spiro atoms. The molecule has 1 amide bonds. The number of benzene rings is 2. The van der Waals surface area contributed by atoms with Crippen LogP contribution in [-0.4, -0.2) is 43.7 Å². The zero-order valence-corrected chi connectivity index (χ0v) is 15.4. The summed E-state index contributed by atoms with van der Waals surface area (Å²) in [5, 5.41) is 0. The molecule has 0 bridgehead atoms. The number of fused-ring (bicyclic) bond motifs is 1. The van der Waals surface area contributed by atoms with Gasteiger partial charge in [0.1, 0.15) is 12.4 Å². The van der Waals surface area contributed by atoms with Crippen LogP contribution in [0.25, 0.3) is 0 Å². The van der Waals surface area contributed by atoms with Gasteiger partial charge in [-0.15, -0.1) is 0 Å². The minimum Gasteiger partial charge on any atom is -0.486 e. The molecule has 0 radical (unpaired) electrons. The summed E-state index contributed by atoms with van der Waals surface area (Å²) in [5.41, 5.74) is 0. The Kier molecular flexibility index (Phi) is 5.44. The van der Waals surface area contributed by atoms with Crippen LogP contribution in [0.15, 0.2) is 48.5 Å². The summed E-state index contributed by atoms with van der Waals surface area (Å²) in [5.74, 6) is 2.04. The molecule has 2 aromatic carbocycles. The van der Waals surface area contributed by atoms with E-state index in [9.17, 15) is 4.79 Å². The van der Waals surface area contributed by atoms with E-state index in [1.807, 2.05) is 48.5 Å². The highest BCUT2D eigenvalue weighted by Crippen LogP contribution is 2.30. The predicted octanol–water partition coefficient (Wildman–Crippen LogP) is 2.97. The van der Waals surface area contributed by atoms with E-state index in [0.29, 0.717) is 24.7 Å². The second kappa shape index (κ2) is 7.74. The van der Waals surface area contributed by atoms with Gasteiger partial charge in [0.2, 0.25) is 0 Å². The fourth-order valence-electron chi connectivity index (χ4n) is 2.35. The summed E-state index contributed by atoms with van der Waals surface area (Å²) in [6.07, 6.45) is -0.188. The molecule has 1 aliphatic heterocycles. The topological polar surface area (TPSA) is 48.0 Å². The molecule has 0 saturated carbocycles. The molecular weight excluding hydrogens is 421 g/mol. The fourth-order valence-corrected chi connectivity index (χ4v) is 2.71. The van der Waals surface area contributed by atoms with Crippen LogP contribution in [0.3, 0.4) is 0 Å². The number of carbonyl (C=O) groups is 1. The zero-order chi connectivity index (χ0) is 16.9. The minimum atomic E-state index is -0.188. The maximum absolute atomic E-state index is 12.2. The molecule has 5 nitrogen and oxygen atoms in total. The van der Waals surface area contributed by atoms with Gasteiger partial charge in [0.25, 0.3) is 5.91 Å². The molecule has 24 heavy (non-hydrogen) atoms. The van der Waals surface area contributed by atoms with Gasteiger partial charge in [0, 0.05) is 10.6 Å². The van der Waals surface area contributed by atoms with Gasteiger partial charge in [-0.05, 0) is 59.0 Å². The molecule has 0 aliphatic carbocycles. The number of amides is 1. The lowest BCUT2D eigenvalue weighted by atomic mass is 10.2. The first kappa shape index (κ1) is 16.9. The van der Waals surface area contributed by atoms with Crippen molar-refractivity contribution in [1.82, 2.24) is 4.90 Å². The lowest BCUT2D eigenvalue weighted by molar-refractivity contribution is -0.133. The van der Waals surface area contributed by atoms with Crippen LogP contribution in [-0.2, 0) is 4.79 Å². The molecular formula is C18H18INO4. The minimum absolute atomic E-state index is 0.00125. The number of ether oxygens (including phenoxy) is 3. The smallest absolute Gasteiger partial charge is 0.260 e. The maximum Gasteiger partial charge on any atom is 0.260 e. The van der Waals surface area contributed by atoms with Crippen LogP contribution in [0, 0.1) is 3.57 Å². The average molecular weight is 439 g/mol. The Balaban J connectivity index is 1.49. The van der Waals surface area contributed by atoms with E-state index in [0.717, 1.165) is 9.32 Å². The van der Waals surface area contributed by atoms with E-state index in [4.69, 9.17) is 14.2 Å². The summed E-state index contributed by atoms with van der Waals surface area (Å²) >= 11 is 2.22. The van der Waals surface area contributed by atoms with Crippen molar-refractivity contribution in [3.63, 3.8) is 0 Å². The highest BCUT2D eigenvalue weighted by atomic mass is 127. The standard InChI is InChI=1S/C18H18INO4/c1-20(18(21)12-22-14-8-6-13(19)7-9-14)10-15-11-23-16-4-2-3-5-17(16)24-15/h2-9,15H,10-12H2,1H3. The molecule has 0 N–H and O–H groups in total. The van der Waals surface area contributed by atoms with Gasteiger partial charge in [0.15, 0.2) is 24.2 Å². The maximum atomic E-state index is 12.2. The zero-order valence-electron chi connectivity index (χ0n) is 13.3. The van der Waals surface area contributed by atoms with E-state index in [1.54, 1.807) is 11.9 Å². The van der Waals surface area contributed by atoms with E-state index in [-0.39, 0.29) is 18.6 Å². The molecule has 1 aliphatic rings. The van der Waals surface area contributed by atoms with Crippen LogP contribution >= 0.6 is 22.6 Å². The summed E-state index contributed by atoms with van der Waals surface area (Å²) < 4.78 is 18.2. The van der Waals surface area contributed by atoms with Gasteiger partial charge in [-0.1, -0.05) is 12.1 Å². The first-order chi connectivity index (χ1) is 11.6. The highest BCUT2D eigenvalue weighted by molar-refractivity contribution is 14.1. The molecule has 1 heterocycles. The lowest BCUT2D eigenvalue weighted by Gasteiger charge is -2.29. The SMILES string of the molecule is CN(CC1COc2ccccc2O1)C(=O)COc1ccc(I)cc1. The van der Waals surface area contributed by atoms with E-state index in [1.165, 1.54) is 0 Å². The Hall–Kier alpha value is -1.96. The van der Waals surface area contributed by atoms with Gasteiger partial charge in [-0.3, -0.25) is 4.79 Å². The van der Waals surface area contributed by atoms with Crippen LogP contribution in [0.4, 0.5) is 0 Å². The largest absolute Gasteiger partial charge is 0.486 e. The third-order valence-electron chi connectivity index (χ3n) is 3.65. The Labute approximate surface area is 154 Å². The number of rotatable bonds is 5. The van der Waals surface area contributed by atoms with Gasteiger partial charge in [-0.2, -0.15) is 0 Å². The Morgan fingerprint density at radius 2 is 1.92 bits per heavy atom. The Morgan fingerprint density at radius 1 is 1.21 bits per heavy atom. The molecule has 0 aromatic heterocycles. The van der Waals surface area contributed by atoms with Crippen molar-refractivity contribution in [2.75, 3.05) is 26.8 Å². The molecule has 2 aromatic rings. The van der Waals surface area contributed by atoms with Crippen molar-refractivity contribution in [1.29, 1.82) is 0 Å². The average Bonchev–Trinajstić information content (AvgIpc) is 2.61. The Morgan fingerprint density at radius 3 is 2.67 bits per heavy atom. The van der Waals surface area contributed by atoms with Crippen molar-refractivity contribution in [2.24, 2.45) is 0 Å². The van der Waals surface area contributed by atoms with Crippen LogP contribution in [0.1, 0.15) is 0 Å². The lowest BCUT2D eigenvalue weighted by Crippen LogP contribution is -2.43. The van der Waals surface area contributed by atoms with Crippen LogP contribution in [0.2, 0.25) is 0 Å². The van der Waals surface area contributed by atoms with Crippen molar-refractivity contribution >= 4 is 28.5 Å². The van der Waals surface area contributed by atoms with Crippen LogP contribution < -0.4 is 14.2 Å². The summed E-state index contributed by atoms with van der Waals surface area (Å²) in [4.78, 5) is 13.8. The number of nitrogens with zero attached hydrogens (tertiary/aromatic N) is 1. The normalized spacial score (nSPS) is 15.7. The second-order valence-electron chi connectivity index (χ2n) is 5.51. The fraction of sp³-hybridized carbons (Fsp3) is 0.278. The molecule has 1 unspecified atom stereocenters. The van der Waals surface area contributed by atoms with E-state index < -0.39 is 0 Å². The highest BCUT2D eigenvalue weighted by Gasteiger charge is 2.23. The molecule has 126 valence electrons. The monoisotopic (exact) mass is 439 g/mol. The number of hydrogen-bond acceptors (Lipinski definition) is 4. The van der Waals surface area contributed by atoms with Crippen molar-refractivity contribution in [3.05, 3.63) is 52.1 Å². The number of para-hydroxylation sites is 2. The molecule has 6 heteroatoms. The quantitative estimate of drug-likeness (QED) is 0.673. The van der Waals surface area contributed by atoms with E-state index >= 15 is 0 Å². The van der Waals surface area contributed by atoms with E-state index in [2.05, 4.69) is 22.6 Å². The first-order valence-corrected chi connectivity index (χ1v) is 8.70. The molecule has 3 rings (SSSR count). The summed E-state index contributed by atoms with van der Waals surface area (Å²) in [7, 11) is 1.74.